The summed E-state index contributed by atoms with van der Waals surface area (Å²) in [5.41, 5.74) is 1.03. The van der Waals surface area contributed by atoms with Crippen LogP contribution in [0.3, 0.4) is 0 Å². The number of rotatable bonds is 5. The van der Waals surface area contributed by atoms with Crippen LogP contribution in [0.15, 0.2) is 42.6 Å². The minimum atomic E-state index is -0.468. The van der Waals surface area contributed by atoms with Crippen molar-refractivity contribution in [1.29, 1.82) is 0 Å². The zero-order valence-corrected chi connectivity index (χ0v) is 16.2. The quantitative estimate of drug-likeness (QED) is 0.692. The molecular formula is C21H23FN6O. The van der Waals surface area contributed by atoms with Gasteiger partial charge in [-0.3, -0.25) is 9.89 Å². The van der Waals surface area contributed by atoms with E-state index >= 15 is 0 Å². The maximum atomic E-state index is 13.9. The smallest absolute Gasteiger partial charge is 0.256 e. The molecule has 29 heavy (non-hydrogen) atoms. The van der Waals surface area contributed by atoms with Crippen LogP contribution in [0.25, 0.3) is 0 Å². The second-order valence-electron chi connectivity index (χ2n) is 7.33. The van der Waals surface area contributed by atoms with Gasteiger partial charge in [0, 0.05) is 37.3 Å². The third-order valence-electron chi connectivity index (χ3n) is 5.14. The molecule has 150 valence electrons. The molecule has 1 amide bonds. The molecule has 0 radical (unpaired) electrons. The maximum absolute atomic E-state index is 13.9. The fourth-order valence-electron chi connectivity index (χ4n) is 3.65. The summed E-state index contributed by atoms with van der Waals surface area (Å²) >= 11 is 0. The van der Waals surface area contributed by atoms with Crippen LogP contribution in [-0.2, 0) is 6.42 Å². The molecule has 1 saturated heterocycles. The summed E-state index contributed by atoms with van der Waals surface area (Å²) in [6, 6.07) is 9.87. The standard InChI is InChI=1S/C21H23FN6O/c1-14-12-19(25-18-6-9-23-27-18)26-20(24-14)13-15-7-10-28(11-8-15)21(29)16-4-2-3-5-17(16)22/h2-6,9,12,15H,7-8,10-11,13H2,1H3,(H2,23,24,25,26,27). The number of hydrogen-bond donors (Lipinski definition) is 2. The second-order valence-corrected chi connectivity index (χ2v) is 7.33. The first-order valence-electron chi connectivity index (χ1n) is 9.73. The Morgan fingerprint density at radius 3 is 2.76 bits per heavy atom. The number of halogens is 1. The van der Waals surface area contributed by atoms with Crippen LogP contribution < -0.4 is 5.32 Å². The normalized spacial score (nSPS) is 14.8. The number of aromatic amines is 1. The minimum Gasteiger partial charge on any atom is -0.339 e. The molecule has 7 nitrogen and oxygen atoms in total. The van der Waals surface area contributed by atoms with Gasteiger partial charge in [-0.15, -0.1) is 0 Å². The molecule has 3 aromatic rings. The number of nitrogens with one attached hydrogen (secondary N) is 2. The van der Waals surface area contributed by atoms with Gasteiger partial charge < -0.3 is 10.2 Å². The Morgan fingerprint density at radius 2 is 2.03 bits per heavy atom. The summed E-state index contributed by atoms with van der Waals surface area (Å²) in [6.45, 7) is 3.17. The van der Waals surface area contributed by atoms with E-state index in [2.05, 4.69) is 25.5 Å². The first kappa shape index (κ1) is 19.0. The van der Waals surface area contributed by atoms with Gasteiger partial charge in [0.1, 0.15) is 23.3 Å². The second kappa shape index (κ2) is 8.38. The molecular weight excluding hydrogens is 371 g/mol. The molecule has 2 N–H and O–H groups in total. The largest absolute Gasteiger partial charge is 0.339 e. The van der Waals surface area contributed by atoms with Gasteiger partial charge in [0.15, 0.2) is 0 Å². The Bertz CT molecular complexity index is 983. The fraction of sp³-hybridized carbons (Fsp3) is 0.333. The van der Waals surface area contributed by atoms with Gasteiger partial charge in [-0.1, -0.05) is 12.1 Å². The molecule has 1 fully saturated rings. The minimum absolute atomic E-state index is 0.141. The van der Waals surface area contributed by atoms with Gasteiger partial charge in [-0.25, -0.2) is 14.4 Å². The van der Waals surface area contributed by atoms with Gasteiger partial charge in [0.25, 0.3) is 5.91 Å². The fourth-order valence-corrected chi connectivity index (χ4v) is 3.65. The molecule has 0 unspecified atom stereocenters. The third-order valence-corrected chi connectivity index (χ3v) is 5.14. The average molecular weight is 394 g/mol. The third kappa shape index (κ3) is 4.59. The highest BCUT2D eigenvalue weighted by Gasteiger charge is 2.25. The van der Waals surface area contributed by atoms with Crippen LogP contribution in [0, 0.1) is 18.7 Å². The van der Waals surface area contributed by atoms with E-state index in [1.54, 1.807) is 29.3 Å². The molecule has 8 heteroatoms. The lowest BCUT2D eigenvalue weighted by Crippen LogP contribution is -2.39. The van der Waals surface area contributed by atoms with Crippen LogP contribution in [0.4, 0.5) is 16.0 Å². The van der Waals surface area contributed by atoms with Gasteiger partial charge in [-0.2, -0.15) is 5.10 Å². The van der Waals surface area contributed by atoms with Crippen molar-refractivity contribution in [3.8, 4) is 0 Å². The van der Waals surface area contributed by atoms with Crippen molar-refractivity contribution in [3.05, 3.63) is 65.5 Å². The van der Waals surface area contributed by atoms with Crippen molar-refractivity contribution in [1.82, 2.24) is 25.1 Å². The number of piperidine rings is 1. The van der Waals surface area contributed by atoms with E-state index in [0.29, 0.717) is 19.0 Å². The van der Waals surface area contributed by atoms with Crippen molar-refractivity contribution in [2.24, 2.45) is 5.92 Å². The summed E-state index contributed by atoms with van der Waals surface area (Å²) in [6.07, 6.45) is 4.12. The average Bonchev–Trinajstić information content (AvgIpc) is 3.21. The molecule has 1 aromatic carbocycles. The first-order valence-corrected chi connectivity index (χ1v) is 9.73. The van der Waals surface area contributed by atoms with Crippen LogP contribution in [-0.4, -0.2) is 44.1 Å². The molecule has 0 bridgehead atoms. The Labute approximate surface area is 168 Å². The number of carbonyl (C=O) groups excluding carboxylic acids is 1. The summed E-state index contributed by atoms with van der Waals surface area (Å²) in [5.74, 6) is 1.97. The zero-order valence-electron chi connectivity index (χ0n) is 16.2. The number of nitrogens with zero attached hydrogens (tertiary/aromatic N) is 4. The summed E-state index contributed by atoms with van der Waals surface area (Å²) in [7, 11) is 0. The monoisotopic (exact) mass is 394 g/mol. The van der Waals surface area contributed by atoms with Gasteiger partial charge >= 0.3 is 0 Å². The molecule has 3 heterocycles. The number of amides is 1. The molecule has 0 atom stereocenters. The molecule has 2 aromatic heterocycles. The number of likely N-dealkylation sites (tertiary alicyclic amines) is 1. The Hall–Kier alpha value is -3.29. The van der Waals surface area contributed by atoms with Crippen LogP contribution in [0.1, 0.15) is 34.7 Å². The zero-order chi connectivity index (χ0) is 20.2. The van der Waals surface area contributed by atoms with E-state index in [-0.39, 0.29) is 11.5 Å². The maximum Gasteiger partial charge on any atom is 0.256 e. The van der Waals surface area contributed by atoms with E-state index < -0.39 is 5.82 Å². The van der Waals surface area contributed by atoms with E-state index in [0.717, 1.165) is 42.4 Å². The van der Waals surface area contributed by atoms with E-state index in [9.17, 15) is 9.18 Å². The number of aromatic nitrogens is 4. The number of anilines is 2. The predicted molar refractivity (Wildman–Crippen MR) is 107 cm³/mol. The summed E-state index contributed by atoms with van der Waals surface area (Å²) in [4.78, 5) is 23.5. The Morgan fingerprint density at radius 1 is 1.24 bits per heavy atom. The van der Waals surface area contributed by atoms with E-state index in [1.165, 1.54) is 6.07 Å². The number of H-pyrrole nitrogens is 1. The van der Waals surface area contributed by atoms with Gasteiger partial charge in [0.2, 0.25) is 0 Å². The lowest BCUT2D eigenvalue weighted by atomic mass is 9.92. The first-order chi connectivity index (χ1) is 14.1. The Kier molecular flexibility index (Phi) is 5.50. The van der Waals surface area contributed by atoms with Crippen LogP contribution in [0.5, 0.6) is 0 Å². The highest BCUT2D eigenvalue weighted by molar-refractivity contribution is 5.94. The lowest BCUT2D eigenvalue weighted by Gasteiger charge is -2.32. The lowest BCUT2D eigenvalue weighted by molar-refractivity contribution is 0.0685. The van der Waals surface area contributed by atoms with E-state index in [4.69, 9.17) is 0 Å². The summed E-state index contributed by atoms with van der Waals surface area (Å²) < 4.78 is 13.9. The van der Waals surface area contributed by atoms with Crippen molar-refractivity contribution in [2.45, 2.75) is 26.2 Å². The van der Waals surface area contributed by atoms with Crippen molar-refractivity contribution in [2.75, 3.05) is 18.4 Å². The predicted octanol–water partition coefficient (Wildman–Crippen LogP) is 3.49. The molecule has 1 aliphatic heterocycles. The number of hydrogen-bond acceptors (Lipinski definition) is 5. The molecule has 0 aliphatic carbocycles. The van der Waals surface area contributed by atoms with E-state index in [1.807, 2.05) is 19.1 Å². The molecule has 0 spiro atoms. The number of carbonyl (C=O) groups is 1. The molecule has 0 saturated carbocycles. The highest BCUT2D eigenvalue weighted by Crippen LogP contribution is 2.23. The SMILES string of the molecule is Cc1cc(Nc2ccn[nH]2)nc(CC2CCN(C(=O)c3ccccc3F)CC2)n1. The van der Waals surface area contributed by atoms with Crippen molar-refractivity contribution >= 4 is 17.5 Å². The topological polar surface area (TPSA) is 86.8 Å². The number of benzene rings is 1. The molecule has 1 aliphatic rings. The Balaban J connectivity index is 1.37. The highest BCUT2D eigenvalue weighted by atomic mass is 19.1. The van der Waals surface area contributed by atoms with Gasteiger partial charge in [-0.05, 0) is 37.8 Å². The molecule has 4 rings (SSSR count). The summed E-state index contributed by atoms with van der Waals surface area (Å²) in [5, 5.41) is 9.96. The van der Waals surface area contributed by atoms with Crippen molar-refractivity contribution < 1.29 is 9.18 Å². The van der Waals surface area contributed by atoms with Crippen LogP contribution >= 0.6 is 0 Å². The van der Waals surface area contributed by atoms with Crippen molar-refractivity contribution in [3.63, 3.8) is 0 Å². The number of aryl methyl sites for hydroxylation is 1. The van der Waals surface area contributed by atoms with Gasteiger partial charge in [0.05, 0.1) is 11.8 Å². The van der Waals surface area contributed by atoms with Crippen LogP contribution in [0.2, 0.25) is 0 Å².